The standard InChI is InChI=1S/C26H29NO5/c1-15-9-16(2)11-18(10-15)27-20-7-6-8-21(28)25(20)19(14-24(27)29)17-12-22(30-3)26(32-5)23(13-17)31-4/h9-13,19H,6-8,14H2,1-5H3/t19-/m1/s1. The van der Waals surface area contributed by atoms with Crippen molar-refractivity contribution in [2.75, 3.05) is 26.2 Å². The van der Waals surface area contributed by atoms with E-state index in [1.807, 2.05) is 38.1 Å². The molecule has 0 unspecified atom stereocenters. The first-order valence-electron chi connectivity index (χ1n) is 10.8. The summed E-state index contributed by atoms with van der Waals surface area (Å²) in [6.45, 7) is 4.04. The molecule has 1 heterocycles. The molecule has 0 spiro atoms. The second-order valence-corrected chi connectivity index (χ2v) is 8.43. The Bertz CT molecular complexity index is 1070. The molecule has 2 aromatic carbocycles. The summed E-state index contributed by atoms with van der Waals surface area (Å²) in [5.74, 6) is 1.25. The van der Waals surface area contributed by atoms with Crippen LogP contribution in [0.1, 0.15) is 48.3 Å². The molecule has 1 aliphatic carbocycles. The van der Waals surface area contributed by atoms with E-state index in [2.05, 4.69) is 6.07 Å². The Morgan fingerprint density at radius 3 is 2.03 bits per heavy atom. The van der Waals surface area contributed by atoms with E-state index in [1.165, 1.54) is 0 Å². The van der Waals surface area contributed by atoms with Gasteiger partial charge >= 0.3 is 0 Å². The summed E-state index contributed by atoms with van der Waals surface area (Å²) in [5.41, 5.74) is 5.37. The number of carbonyl (C=O) groups is 2. The van der Waals surface area contributed by atoms with Gasteiger partial charge in [-0.15, -0.1) is 0 Å². The van der Waals surface area contributed by atoms with Gasteiger partial charge in [-0.3, -0.25) is 14.5 Å². The molecule has 1 amide bonds. The van der Waals surface area contributed by atoms with Crippen molar-refractivity contribution in [3.05, 3.63) is 58.3 Å². The predicted molar refractivity (Wildman–Crippen MR) is 123 cm³/mol. The highest BCUT2D eigenvalue weighted by Crippen LogP contribution is 2.47. The van der Waals surface area contributed by atoms with Crippen LogP contribution in [-0.4, -0.2) is 33.0 Å². The Kier molecular flexibility index (Phi) is 5.96. The van der Waals surface area contributed by atoms with E-state index >= 15 is 0 Å². The summed E-state index contributed by atoms with van der Waals surface area (Å²) in [6.07, 6.45) is 2.14. The van der Waals surface area contributed by atoms with Gasteiger partial charge in [-0.05, 0) is 67.6 Å². The summed E-state index contributed by atoms with van der Waals surface area (Å²) in [6, 6.07) is 9.79. The van der Waals surface area contributed by atoms with Crippen LogP contribution >= 0.6 is 0 Å². The van der Waals surface area contributed by atoms with E-state index in [0.29, 0.717) is 30.1 Å². The van der Waals surface area contributed by atoms with Gasteiger partial charge in [0, 0.05) is 35.7 Å². The minimum atomic E-state index is -0.346. The third-order valence-corrected chi connectivity index (χ3v) is 6.23. The van der Waals surface area contributed by atoms with Gasteiger partial charge in [0.1, 0.15) is 0 Å². The van der Waals surface area contributed by atoms with Crippen LogP contribution in [0.2, 0.25) is 0 Å². The number of rotatable bonds is 5. The lowest BCUT2D eigenvalue weighted by Gasteiger charge is -2.38. The van der Waals surface area contributed by atoms with Crippen LogP contribution in [-0.2, 0) is 9.59 Å². The van der Waals surface area contributed by atoms with Gasteiger partial charge in [0.05, 0.1) is 21.3 Å². The maximum absolute atomic E-state index is 13.5. The van der Waals surface area contributed by atoms with Gasteiger partial charge in [0.25, 0.3) is 0 Å². The molecule has 1 aliphatic heterocycles. The fourth-order valence-electron chi connectivity index (χ4n) is 4.96. The zero-order valence-electron chi connectivity index (χ0n) is 19.3. The molecular weight excluding hydrogens is 406 g/mol. The molecule has 0 bridgehead atoms. The number of hydrogen-bond acceptors (Lipinski definition) is 5. The van der Waals surface area contributed by atoms with Gasteiger partial charge < -0.3 is 14.2 Å². The van der Waals surface area contributed by atoms with Crippen LogP contribution in [0.5, 0.6) is 17.2 Å². The lowest BCUT2D eigenvalue weighted by Crippen LogP contribution is -2.40. The van der Waals surface area contributed by atoms with Gasteiger partial charge in [-0.1, -0.05) is 6.07 Å². The van der Waals surface area contributed by atoms with Gasteiger partial charge in [0.2, 0.25) is 11.7 Å². The first-order valence-corrected chi connectivity index (χ1v) is 10.8. The molecule has 0 fully saturated rings. The number of ether oxygens (including phenoxy) is 3. The molecule has 6 heteroatoms. The Morgan fingerprint density at radius 1 is 0.844 bits per heavy atom. The first kappa shape index (κ1) is 21.9. The number of allylic oxidation sites excluding steroid dienone is 2. The van der Waals surface area contributed by atoms with Gasteiger partial charge in [-0.25, -0.2) is 0 Å². The zero-order valence-corrected chi connectivity index (χ0v) is 19.3. The maximum atomic E-state index is 13.5. The molecule has 32 heavy (non-hydrogen) atoms. The van der Waals surface area contributed by atoms with Crippen LogP contribution in [0.15, 0.2) is 41.6 Å². The van der Waals surface area contributed by atoms with Crippen molar-refractivity contribution in [3.8, 4) is 17.2 Å². The number of nitrogens with zero attached hydrogens (tertiary/aromatic N) is 1. The third-order valence-electron chi connectivity index (χ3n) is 6.23. The number of carbonyl (C=O) groups excluding carboxylic acids is 2. The van der Waals surface area contributed by atoms with E-state index < -0.39 is 0 Å². The summed E-state index contributed by atoms with van der Waals surface area (Å²) in [4.78, 5) is 28.4. The van der Waals surface area contributed by atoms with Gasteiger partial charge in [0.15, 0.2) is 17.3 Å². The topological polar surface area (TPSA) is 65.1 Å². The Hall–Kier alpha value is -3.28. The van der Waals surface area contributed by atoms with Crippen LogP contribution in [0.4, 0.5) is 5.69 Å². The molecule has 2 aliphatic rings. The second-order valence-electron chi connectivity index (χ2n) is 8.43. The van der Waals surface area contributed by atoms with Crippen LogP contribution < -0.4 is 19.1 Å². The minimum Gasteiger partial charge on any atom is -0.493 e. The van der Waals surface area contributed by atoms with E-state index in [4.69, 9.17) is 14.2 Å². The van der Waals surface area contributed by atoms with Crippen LogP contribution in [0.3, 0.4) is 0 Å². The lowest BCUT2D eigenvalue weighted by atomic mass is 9.77. The SMILES string of the molecule is COc1cc([C@H]2CC(=O)N(c3cc(C)cc(C)c3)C3=C2C(=O)CCC3)cc(OC)c1OC. The number of hydrogen-bond donors (Lipinski definition) is 0. The van der Waals surface area contributed by atoms with E-state index in [1.54, 1.807) is 26.2 Å². The molecule has 168 valence electrons. The summed E-state index contributed by atoms with van der Waals surface area (Å²) < 4.78 is 16.5. The first-order chi connectivity index (χ1) is 15.4. The number of aryl methyl sites for hydroxylation is 2. The number of Topliss-reactive ketones (excluding diaryl/α,β-unsaturated/α-hetero) is 1. The summed E-state index contributed by atoms with van der Waals surface area (Å²) >= 11 is 0. The molecular formula is C26H29NO5. The summed E-state index contributed by atoms with van der Waals surface area (Å²) in [5, 5.41) is 0. The van der Waals surface area contributed by atoms with Crippen molar-refractivity contribution in [2.45, 2.75) is 45.4 Å². The minimum absolute atomic E-state index is 0.0119. The molecule has 0 N–H and O–H groups in total. The second kappa shape index (κ2) is 8.69. The number of ketones is 1. The molecule has 0 aromatic heterocycles. The molecule has 6 nitrogen and oxygen atoms in total. The predicted octanol–water partition coefficient (Wildman–Crippen LogP) is 4.86. The lowest BCUT2D eigenvalue weighted by molar-refractivity contribution is -0.119. The van der Waals surface area contributed by atoms with E-state index in [9.17, 15) is 9.59 Å². The van der Waals surface area contributed by atoms with Crippen molar-refractivity contribution in [1.82, 2.24) is 0 Å². The Morgan fingerprint density at radius 2 is 1.47 bits per heavy atom. The fourth-order valence-corrected chi connectivity index (χ4v) is 4.96. The molecule has 0 saturated heterocycles. The van der Waals surface area contributed by atoms with Crippen LogP contribution in [0.25, 0.3) is 0 Å². The largest absolute Gasteiger partial charge is 0.493 e. The van der Waals surface area contributed by atoms with Crippen molar-refractivity contribution < 1.29 is 23.8 Å². The molecule has 0 saturated carbocycles. The molecule has 0 radical (unpaired) electrons. The molecule has 2 aromatic rings. The highest BCUT2D eigenvalue weighted by molar-refractivity contribution is 6.07. The van der Waals surface area contributed by atoms with E-state index in [-0.39, 0.29) is 24.0 Å². The fraction of sp³-hybridized carbons (Fsp3) is 0.385. The van der Waals surface area contributed by atoms with Crippen LogP contribution in [0, 0.1) is 13.8 Å². The Labute approximate surface area is 188 Å². The van der Waals surface area contributed by atoms with E-state index in [0.717, 1.165) is 40.1 Å². The summed E-state index contributed by atoms with van der Waals surface area (Å²) in [7, 11) is 4.67. The quantitative estimate of drug-likeness (QED) is 0.671. The average Bonchev–Trinajstić information content (AvgIpc) is 2.76. The smallest absolute Gasteiger partial charge is 0.232 e. The highest BCUT2D eigenvalue weighted by Gasteiger charge is 2.40. The average molecular weight is 436 g/mol. The van der Waals surface area contributed by atoms with Gasteiger partial charge in [-0.2, -0.15) is 0 Å². The number of methoxy groups -OCH3 is 3. The Balaban J connectivity index is 1.89. The number of benzene rings is 2. The zero-order chi connectivity index (χ0) is 23.0. The normalized spacial score (nSPS) is 18.5. The van der Waals surface area contributed by atoms with Crippen molar-refractivity contribution in [3.63, 3.8) is 0 Å². The third kappa shape index (κ3) is 3.74. The van der Waals surface area contributed by atoms with Crippen molar-refractivity contribution in [2.24, 2.45) is 0 Å². The maximum Gasteiger partial charge on any atom is 0.232 e. The molecule has 1 atom stereocenters. The van der Waals surface area contributed by atoms with Crippen molar-refractivity contribution in [1.29, 1.82) is 0 Å². The monoisotopic (exact) mass is 435 g/mol. The molecule has 4 rings (SSSR count). The van der Waals surface area contributed by atoms with Crippen molar-refractivity contribution >= 4 is 17.4 Å². The number of anilines is 1. The number of amides is 1. The highest BCUT2D eigenvalue weighted by atomic mass is 16.5.